The third kappa shape index (κ3) is 5.72. The number of fused-ring (bicyclic) bond motifs is 5. The third-order valence-electron chi connectivity index (χ3n) is 9.48. The van der Waals surface area contributed by atoms with E-state index in [2.05, 4.69) is 12.1 Å². The van der Waals surface area contributed by atoms with Gasteiger partial charge in [0.05, 0.1) is 33.7 Å². The Labute approximate surface area is 280 Å². The fraction of sp³-hybridized carbons (Fsp3) is 0.216. The summed E-state index contributed by atoms with van der Waals surface area (Å²) in [6, 6.07) is 26.5. The molecule has 1 heterocycles. The lowest BCUT2D eigenvalue weighted by Crippen LogP contribution is -2.33. The van der Waals surface area contributed by atoms with E-state index in [0.717, 1.165) is 12.8 Å². The molecule has 0 aromatic heterocycles. The zero-order valence-electron chi connectivity index (χ0n) is 24.8. The number of Topliss-reactive ketones (excluding diaryl/α,β-unsaturated/α-hetero) is 1. The van der Waals surface area contributed by atoms with E-state index in [4.69, 9.17) is 32.7 Å². The molecule has 236 valence electrons. The molecule has 0 N–H and O–H groups in total. The molecular formula is C37H27Cl2NO7. The summed E-state index contributed by atoms with van der Waals surface area (Å²) in [7, 11) is 0. The number of benzene rings is 4. The quantitative estimate of drug-likeness (QED) is 0.0848. The lowest BCUT2D eigenvalue weighted by atomic mass is 9.73. The first-order valence-electron chi connectivity index (χ1n) is 15.2. The molecule has 10 heteroatoms. The Morgan fingerprint density at radius 1 is 0.745 bits per heavy atom. The van der Waals surface area contributed by atoms with Gasteiger partial charge in [0, 0.05) is 10.6 Å². The van der Waals surface area contributed by atoms with Crippen LogP contribution >= 0.6 is 23.2 Å². The fourth-order valence-electron chi connectivity index (χ4n) is 7.37. The zero-order chi connectivity index (χ0) is 32.8. The van der Waals surface area contributed by atoms with E-state index in [1.807, 2.05) is 18.2 Å². The standard InChI is InChI=1S/C37H27Cl2NO7/c38-24-10-15-27(30(39)18-24)37(45)47-26-13-8-21(9-14-26)31(41)19-46-36(44)22-6-11-25(12-7-22)40-34(42)32-23-16-28(20-4-2-1-3-5-20)29(17-23)33(32)35(40)43/h1-15,18,23,28-29,32-33H,16-17,19H2/t23-,28+,29+,32+,33+/m0/s1. The summed E-state index contributed by atoms with van der Waals surface area (Å²) in [5.74, 6) is -2.06. The number of hydrogen-bond donors (Lipinski definition) is 0. The first kappa shape index (κ1) is 30.8. The molecule has 4 aromatic carbocycles. The van der Waals surface area contributed by atoms with Gasteiger partial charge in [-0.1, -0.05) is 53.5 Å². The van der Waals surface area contributed by atoms with Crippen molar-refractivity contribution in [2.24, 2.45) is 23.7 Å². The average molecular weight is 669 g/mol. The highest BCUT2D eigenvalue weighted by atomic mass is 35.5. The molecule has 0 radical (unpaired) electrons. The SMILES string of the molecule is O=C(COC(=O)c1ccc(N2C(=O)[C@@H]3[C@@H]4C[C@@H]([C@H]3C2=O)[C@@H](c2ccccc2)C4)cc1)c1ccc(OC(=O)c2ccc(Cl)cc2Cl)cc1. The van der Waals surface area contributed by atoms with Crippen LogP contribution in [0, 0.1) is 23.7 Å². The van der Waals surface area contributed by atoms with Crippen LogP contribution < -0.4 is 9.64 Å². The Morgan fingerprint density at radius 3 is 2.13 bits per heavy atom. The second-order valence-electron chi connectivity index (χ2n) is 12.1. The zero-order valence-corrected chi connectivity index (χ0v) is 26.3. The van der Waals surface area contributed by atoms with Crippen molar-refractivity contribution in [2.45, 2.75) is 18.8 Å². The van der Waals surface area contributed by atoms with Gasteiger partial charge in [-0.3, -0.25) is 19.3 Å². The smallest absolute Gasteiger partial charge is 0.345 e. The molecule has 0 unspecified atom stereocenters. The van der Waals surface area contributed by atoms with Gasteiger partial charge in [-0.15, -0.1) is 0 Å². The maximum Gasteiger partial charge on any atom is 0.345 e. The number of halogens is 2. The molecule has 1 saturated heterocycles. The lowest BCUT2D eigenvalue weighted by Gasteiger charge is -2.28. The second-order valence-corrected chi connectivity index (χ2v) is 12.9. The summed E-state index contributed by atoms with van der Waals surface area (Å²) < 4.78 is 10.6. The normalized spacial score (nSPS) is 22.7. The number of esters is 2. The van der Waals surface area contributed by atoms with Gasteiger partial charge in [0.1, 0.15) is 5.75 Å². The highest BCUT2D eigenvalue weighted by Crippen LogP contribution is 2.61. The molecule has 4 aromatic rings. The van der Waals surface area contributed by atoms with Crippen LogP contribution in [0.1, 0.15) is 55.4 Å². The topological polar surface area (TPSA) is 107 Å². The van der Waals surface area contributed by atoms with Crippen LogP contribution in [-0.4, -0.2) is 36.1 Å². The number of rotatable bonds is 8. The van der Waals surface area contributed by atoms with Gasteiger partial charge in [0.15, 0.2) is 12.4 Å². The van der Waals surface area contributed by atoms with Crippen LogP contribution in [-0.2, 0) is 14.3 Å². The Kier molecular flexibility index (Phi) is 8.16. The van der Waals surface area contributed by atoms with Crippen molar-refractivity contribution in [1.82, 2.24) is 0 Å². The van der Waals surface area contributed by atoms with Crippen molar-refractivity contribution in [3.63, 3.8) is 0 Å². The van der Waals surface area contributed by atoms with E-state index in [9.17, 15) is 24.0 Å². The fourth-order valence-corrected chi connectivity index (χ4v) is 7.85. The molecule has 8 nitrogen and oxygen atoms in total. The molecule has 7 rings (SSSR count). The van der Waals surface area contributed by atoms with Crippen molar-refractivity contribution >= 4 is 58.4 Å². The Bertz CT molecular complexity index is 1910. The van der Waals surface area contributed by atoms with Gasteiger partial charge in [0.25, 0.3) is 0 Å². The number of anilines is 1. The summed E-state index contributed by atoms with van der Waals surface area (Å²) in [4.78, 5) is 66.2. The number of ketones is 1. The van der Waals surface area contributed by atoms with Crippen LogP contribution in [0.15, 0.2) is 97.1 Å². The van der Waals surface area contributed by atoms with Gasteiger partial charge in [0.2, 0.25) is 11.8 Å². The van der Waals surface area contributed by atoms with Crippen LogP contribution in [0.25, 0.3) is 0 Å². The van der Waals surface area contributed by atoms with E-state index in [-0.39, 0.29) is 68.9 Å². The van der Waals surface area contributed by atoms with Gasteiger partial charge in [-0.05, 0) is 103 Å². The van der Waals surface area contributed by atoms with Crippen LogP contribution in [0.3, 0.4) is 0 Å². The molecular weight excluding hydrogens is 641 g/mol. The molecule has 5 atom stereocenters. The molecule has 1 aliphatic heterocycles. The van der Waals surface area contributed by atoms with Gasteiger partial charge in [-0.2, -0.15) is 0 Å². The van der Waals surface area contributed by atoms with Crippen molar-refractivity contribution in [1.29, 1.82) is 0 Å². The van der Waals surface area contributed by atoms with Crippen molar-refractivity contribution in [3.8, 4) is 5.75 Å². The maximum absolute atomic E-state index is 13.6. The van der Waals surface area contributed by atoms with Crippen LogP contribution in [0.4, 0.5) is 5.69 Å². The van der Waals surface area contributed by atoms with Gasteiger partial charge >= 0.3 is 11.9 Å². The maximum atomic E-state index is 13.6. The molecule has 0 spiro atoms. The van der Waals surface area contributed by atoms with Crippen molar-refractivity contribution in [3.05, 3.63) is 129 Å². The van der Waals surface area contributed by atoms with E-state index in [1.165, 1.54) is 65.1 Å². The number of amides is 2. The van der Waals surface area contributed by atoms with E-state index in [1.54, 1.807) is 12.1 Å². The van der Waals surface area contributed by atoms with Crippen LogP contribution in [0.5, 0.6) is 5.75 Å². The Morgan fingerprint density at radius 2 is 1.43 bits per heavy atom. The minimum Gasteiger partial charge on any atom is -0.454 e. The Hall–Kier alpha value is -4.79. The number of ether oxygens (including phenoxy) is 2. The highest BCUT2D eigenvalue weighted by molar-refractivity contribution is 6.36. The highest BCUT2D eigenvalue weighted by Gasteiger charge is 2.64. The minimum absolute atomic E-state index is 0.139. The van der Waals surface area contributed by atoms with Crippen LogP contribution in [0.2, 0.25) is 10.0 Å². The molecule has 2 aliphatic carbocycles. The summed E-state index contributed by atoms with van der Waals surface area (Å²) in [6.07, 6.45) is 1.80. The summed E-state index contributed by atoms with van der Waals surface area (Å²) >= 11 is 11.9. The average Bonchev–Trinajstić information content (AvgIpc) is 3.75. The largest absolute Gasteiger partial charge is 0.454 e. The minimum atomic E-state index is -0.727. The van der Waals surface area contributed by atoms with E-state index >= 15 is 0 Å². The van der Waals surface area contributed by atoms with Crippen molar-refractivity contribution < 1.29 is 33.4 Å². The van der Waals surface area contributed by atoms with Gasteiger partial charge in [-0.25, -0.2) is 9.59 Å². The molecule has 3 aliphatic rings. The Balaban J connectivity index is 0.946. The van der Waals surface area contributed by atoms with E-state index in [0.29, 0.717) is 10.7 Å². The van der Waals surface area contributed by atoms with Gasteiger partial charge < -0.3 is 9.47 Å². The predicted octanol–water partition coefficient (Wildman–Crippen LogP) is 7.18. The first-order chi connectivity index (χ1) is 22.7. The first-order valence-corrected chi connectivity index (χ1v) is 16.0. The van der Waals surface area contributed by atoms with Crippen molar-refractivity contribution in [2.75, 3.05) is 11.5 Å². The summed E-state index contributed by atoms with van der Waals surface area (Å²) in [5.41, 5.74) is 2.20. The van der Waals surface area contributed by atoms with E-state index < -0.39 is 24.3 Å². The molecule has 2 amide bonds. The number of carbonyl (C=O) groups is 5. The number of imide groups is 1. The summed E-state index contributed by atoms with van der Waals surface area (Å²) in [6.45, 7) is -0.516. The summed E-state index contributed by atoms with van der Waals surface area (Å²) in [5, 5.41) is 0.531. The number of carbonyl (C=O) groups excluding carboxylic acids is 5. The number of nitrogens with zero attached hydrogens (tertiary/aromatic N) is 1. The molecule has 2 saturated carbocycles. The molecule has 3 fully saturated rings. The lowest BCUT2D eigenvalue weighted by molar-refractivity contribution is -0.123. The number of hydrogen-bond acceptors (Lipinski definition) is 7. The third-order valence-corrected chi connectivity index (χ3v) is 10.0. The molecule has 47 heavy (non-hydrogen) atoms. The predicted molar refractivity (Wildman–Crippen MR) is 174 cm³/mol. The monoisotopic (exact) mass is 667 g/mol. The molecule has 2 bridgehead atoms. The second kappa shape index (κ2) is 12.4.